The van der Waals surface area contributed by atoms with Crippen LogP contribution in [0.15, 0.2) is 24.3 Å². The number of nitrogens with zero attached hydrogens (tertiary/aromatic N) is 1. The van der Waals surface area contributed by atoms with Gasteiger partial charge in [0.2, 0.25) is 0 Å². The van der Waals surface area contributed by atoms with Gasteiger partial charge in [-0.1, -0.05) is 23.9 Å². The van der Waals surface area contributed by atoms with Gasteiger partial charge >= 0.3 is 6.07 Å². The molecule has 0 heterocycles. The molecule has 0 aliphatic carbocycles. The maximum atomic E-state index is 10.4. The van der Waals surface area contributed by atoms with E-state index in [1.807, 2.05) is 6.92 Å². The molecule has 14 heavy (non-hydrogen) atoms. The quantitative estimate of drug-likeness (QED) is 0.700. The Bertz CT molecular complexity index is 371. The Morgan fingerprint density at radius 3 is 2.57 bits per heavy atom. The van der Waals surface area contributed by atoms with Gasteiger partial charge < -0.3 is 9.90 Å². The molecule has 3 nitrogen and oxygen atoms in total. The minimum atomic E-state index is -1.16. The molecule has 0 aliphatic heterocycles. The Morgan fingerprint density at radius 2 is 2.07 bits per heavy atom. The maximum Gasteiger partial charge on any atom is 0.311 e. The molecule has 0 unspecified atom stereocenters. The van der Waals surface area contributed by atoms with Gasteiger partial charge in [0.25, 0.3) is 6.54 Å². The highest BCUT2D eigenvalue weighted by Gasteiger charge is 1.96. The van der Waals surface area contributed by atoms with Crippen molar-refractivity contribution in [2.24, 2.45) is 0 Å². The molecule has 1 rings (SSSR count). The molecular weight excluding hydrogens is 178 g/mol. The zero-order valence-corrected chi connectivity index (χ0v) is 7.99. The number of carbonyl (C=O) groups excluding carboxylic acids is 1. The van der Waals surface area contributed by atoms with Crippen LogP contribution >= 0.6 is 0 Å². The fourth-order valence-electron chi connectivity index (χ4n) is 0.940. The van der Waals surface area contributed by atoms with Crippen molar-refractivity contribution in [1.29, 1.82) is 0 Å². The van der Waals surface area contributed by atoms with Gasteiger partial charge in [0.05, 0.1) is 5.97 Å². The number of benzene rings is 1. The average Bonchev–Trinajstić information content (AvgIpc) is 2.19. The highest BCUT2D eigenvalue weighted by Crippen LogP contribution is 2.02. The molecule has 1 aromatic carbocycles. The third-order valence-corrected chi connectivity index (χ3v) is 1.66. The number of carboxylic acids is 1. The molecule has 0 spiro atoms. The van der Waals surface area contributed by atoms with E-state index in [2.05, 4.69) is 10.9 Å². The Hall–Kier alpha value is -1.82. The summed E-state index contributed by atoms with van der Waals surface area (Å²) in [6.45, 7) is 2.77. The number of carboxylic acid groups (broad SMARTS) is 1. The molecule has 72 valence electrons. The van der Waals surface area contributed by atoms with Crippen molar-refractivity contribution in [3.63, 3.8) is 0 Å². The lowest BCUT2D eigenvalue weighted by Crippen LogP contribution is -2.21. The van der Waals surface area contributed by atoms with E-state index in [1.165, 1.54) is 12.1 Å². The first-order valence-corrected chi connectivity index (χ1v) is 4.48. The summed E-state index contributed by atoms with van der Waals surface area (Å²) in [7, 11) is 0. The topological polar surface area (TPSA) is 44.5 Å². The molecule has 0 saturated heterocycles. The summed E-state index contributed by atoms with van der Waals surface area (Å²) in [5.41, 5.74) is 0.953. The lowest BCUT2D eigenvalue weighted by Gasteiger charge is -1.98. The van der Waals surface area contributed by atoms with Crippen molar-refractivity contribution in [3.05, 3.63) is 40.2 Å². The summed E-state index contributed by atoms with van der Waals surface area (Å²) < 4.78 is 0. The number of carbonyl (C=O) groups is 1. The van der Waals surface area contributed by atoms with Gasteiger partial charge in [0, 0.05) is 6.42 Å². The molecular formula is C11H11NO2. The molecule has 0 N–H and O–H groups in total. The Morgan fingerprint density at radius 1 is 1.43 bits per heavy atom. The van der Waals surface area contributed by atoms with Gasteiger partial charge in [-0.25, -0.2) is 0 Å². The van der Waals surface area contributed by atoms with Gasteiger partial charge in [-0.15, -0.1) is 0 Å². The third kappa shape index (κ3) is 2.91. The minimum Gasteiger partial charge on any atom is -0.545 e. The first-order valence-electron chi connectivity index (χ1n) is 4.48. The SMILES string of the molecule is CCC[N+]#Cc1ccc(C(=O)[O-])cc1. The van der Waals surface area contributed by atoms with Crippen molar-refractivity contribution in [2.45, 2.75) is 13.3 Å². The summed E-state index contributed by atoms with van der Waals surface area (Å²) >= 11 is 0. The Balaban J connectivity index is 2.75. The second kappa shape index (κ2) is 5.03. The summed E-state index contributed by atoms with van der Waals surface area (Å²) in [6.07, 6.45) is 0.976. The van der Waals surface area contributed by atoms with E-state index in [4.69, 9.17) is 0 Å². The number of rotatable bonds is 2. The Kier molecular flexibility index (Phi) is 3.69. The molecule has 0 aliphatic rings. The predicted molar refractivity (Wildman–Crippen MR) is 52.3 cm³/mol. The second-order valence-electron chi connectivity index (χ2n) is 2.86. The van der Waals surface area contributed by atoms with Gasteiger partial charge in [-0.05, 0) is 17.7 Å². The first kappa shape index (κ1) is 10.3. The van der Waals surface area contributed by atoms with Crippen molar-refractivity contribution in [3.8, 4) is 6.07 Å². The molecule has 0 amide bonds. The van der Waals surface area contributed by atoms with Crippen molar-refractivity contribution < 1.29 is 9.90 Å². The van der Waals surface area contributed by atoms with Crippen LogP contribution in [0.4, 0.5) is 0 Å². The molecule has 0 aromatic heterocycles. The van der Waals surface area contributed by atoms with Crippen LogP contribution in [0.5, 0.6) is 0 Å². The summed E-state index contributed by atoms with van der Waals surface area (Å²) in [4.78, 5) is 14.4. The monoisotopic (exact) mass is 189 g/mol. The van der Waals surface area contributed by atoms with Crippen LogP contribution in [0, 0.1) is 6.07 Å². The van der Waals surface area contributed by atoms with Crippen LogP contribution < -0.4 is 5.11 Å². The van der Waals surface area contributed by atoms with Crippen LogP contribution in [0.3, 0.4) is 0 Å². The molecule has 0 saturated carbocycles. The molecule has 0 fully saturated rings. The number of hydrogen-bond donors (Lipinski definition) is 0. The zero-order valence-electron chi connectivity index (χ0n) is 7.99. The van der Waals surface area contributed by atoms with Gasteiger partial charge in [-0.2, -0.15) is 0 Å². The fourth-order valence-corrected chi connectivity index (χ4v) is 0.940. The van der Waals surface area contributed by atoms with Gasteiger partial charge in [-0.3, -0.25) is 0 Å². The van der Waals surface area contributed by atoms with Crippen LogP contribution in [-0.4, -0.2) is 12.5 Å². The number of aromatic carboxylic acids is 1. The lowest BCUT2D eigenvalue weighted by atomic mass is 10.1. The third-order valence-electron chi connectivity index (χ3n) is 1.66. The largest absolute Gasteiger partial charge is 0.545 e. The van der Waals surface area contributed by atoms with Crippen molar-refractivity contribution in [2.75, 3.05) is 6.54 Å². The summed E-state index contributed by atoms with van der Waals surface area (Å²) in [5.74, 6) is -1.16. The van der Waals surface area contributed by atoms with E-state index in [0.29, 0.717) is 0 Å². The van der Waals surface area contributed by atoms with Gasteiger partial charge in [0.1, 0.15) is 5.56 Å². The summed E-state index contributed by atoms with van der Waals surface area (Å²) in [5, 5.41) is 10.4. The standard InChI is InChI=1S/C11H11NO2/c1-2-7-12-8-9-3-5-10(6-4-9)11(13)14/h3-6H,2,7H2,1H3. The average molecular weight is 189 g/mol. The van der Waals surface area contributed by atoms with Crippen LogP contribution in [-0.2, 0) is 0 Å². The molecule has 0 atom stereocenters. The van der Waals surface area contributed by atoms with E-state index in [1.54, 1.807) is 12.1 Å². The van der Waals surface area contributed by atoms with Crippen LogP contribution in [0.25, 0.3) is 4.85 Å². The Labute approximate surface area is 82.8 Å². The highest BCUT2D eigenvalue weighted by molar-refractivity contribution is 5.85. The zero-order chi connectivity index (χ0) is 10.4. The summed E-state index contributed by atoms with van der Waals surface area (Å²) in [6, 6.07) is 9.11. The van der Waals surface area contributed by atoms with Crippen molar-refractivity contribution >= 4 is 5.97 Å². The van der Waals surface area contributed by atoms with E-state index >= 15 is 0 Å². The maximum absolute atomic E-state index is 10.4. The van der Waals surface area contributed by atoms with Crippen LogP contribution in [0.2, 0.25) is 0 Å². The molecule has 1 aromatic rings. The normalized spacial score (nSPS) is 8.93. The van der Waals surface area contributed by atoms with Crippen LogP contribution in [0.1, 0.15) is 29.3 Å². The number of hydrogen-bond acceptors (Lipinski definition) is 2. The highest BCUT2D eigenvalue weighted by atomic mass is 16.4. The van der Waals surface area contributed by atoms with E-state index in [0.717, 1.165) is 18.5 Å². The lowest BCUT2D eigenvalue weighted by molar-refractivity contribution is -0.255. The van der Waals surface area contributed by atoms with Gasteiger partial charge in [0.15, 0.2) is 0 Å². The van der Waals surface area contributed by atoms with Crippen molar-refractivity contribution in [1.82, 2.24) is 0 Å². The van der Waals surface area contributed by atoms with E-state index in [9.17, 15) is 9.90 Å². The van der Waals surface area contributed by atoms with E-state index < -0.39 is 5.97 Å². The smallest absolute Gasteiger partial charge is 0.311 e. The molecule has 3 heteroatoms. The predicted octanol–water partition coefficient (Wildman–Crippen LogP) is 1.14. The molecule has 0 radical (unpaired) electrons. The molecule has 0 bridgehead atoms. The fraction of sp³-hybridized carbons (Fsp3) is 0.273. The first-order chi connectivity index (χ1) is 6.74. The van der Waals surface area contributed by atoms with E-state index in [-0.39, 0.29) is 5.56 Å². The second-order valence-corrected chi connectivity index (χ2v) is 2.86. The minimum absolute atomic E-state index is 0.172.